The number of alkyl halides is 3. The predicted molar refractivity (Wildman–Crippen MR) is 74.0 cm³/mol. The van der Waals surface area contributed by atoms with Crippen LogP contribution in [0.4, 0.5) is 13.2 Å². The number of hydrogen-bond donors (Lipinski definition) is 1. The van der Waals surface area contributed by atoms with Crippen LogP contribution in [0.2, 0.25) is 0 Å². The van der Waals surface area contributed by atoms with Gasteiger partial charge in [0, 0.05) is 15.8 Å². The molecule has 108 valence electrons. The standard InChI is InChI=1S/C12H15BrF3NOS/c1-11(2,3)19(18)17-10(12(14,15)16)8-5-4-6-9(13)7-8/h4-7,10,17H,1-3H3/t10-,19?/m1/s1. The second-order valence-corrected chi connectivity index (χ2v) is 7.94. The third-order valence-electron chi connectivity index (χ3n) is 2.29. The van der Waals surface area contributed by atoms with Gasteiger partial charge in [-0.3, -0.25) is 0 Å². The largest absolute Gasteiger partial charge is 0.598 e. The lowest BCUT2D eigenvalue weighted by atomic mass is 10.1. The Morgan fingerprint density at radius 3 is 2.26 bits per heavy atom. The van der Waals surface area contributed by atoms with Gasteiger partial charge in [0.05, 0.1) is 0 Å². The second kappa shape index (κ2) is 6.03. The third-order valence-corrected chi connectivity index (χ3v) is 4.35. The van der Waals surface area contributed by atoms with E-state index < -0.39 is 28.3 Å². The Kier molecular flexibility index (Phi) is 5.34. The summed E-state index contributed by atoms with van der Waals surface area (Å²) in [5.41, 5.74) is 0.0273. The molecular formula is C12H15BrF3NOS. The Balaban J connectivity index is 3.04. The summed E-state index contributed by atoms with van der Waals surface area (Å²) in [6, 6.07) is 3.92. The van der Waals surface area contributed by atoms with Gasteiger partial charge in [-0.1, -0.05) is 28.1 Å². The summed E-state index contributed by atoms with van der Waals surface area (Å²) in [4.78, 5) is 0. The summed E-state index contributed by atoms with van der Waals surface area (Å²) in [6.07, 6.45) is -4.51. The highest BCUT2D eigenvalue weighted by Crippen LogP contribution is 2.35. The quantitative estimate of drug-likeness (QED) is 0.826. The Bertz CT molecular complexity index is 434. The van der Waals surface area contributed by atoms with Crippen LogP contribution in [-0.2, 0) is 11.4 Å². The van der Waals surface area contributed by atoms with Crippen LogP contribution < -0.4 is 4.72 Å². The number of nitrogens with one attached hydrogen (secondary N) is 1. The van der Waals surface area contributed by atoms with Crippen molar-refractivity contribution in [3.8, 4) is 0 Å². The van der Waals surface area contributed by atoms with E-state index in [0.717, 1.165) is 0 Å². The third kappa shape index (κ3) is 4.98. The maximum absolute atomic E-state index is 13.1. The minimum atomic E-state index is -4.51. The zero-order valence-electron chi connectivity index (χ0n) is 10.7. The fourth-order valence-corrected chi connectivity index (χ4v) is 2.55. The molecule has 0 aliphatic carbocycles. The Morgan fingerprint density at radius 2 is 1.84 bits per heavy atom. The highest BCUT2D eigenvalue weighted by molar-refractivity contribution is 9.10. The number of rotatable bonds is 3. The molecule has 1 aromatic rings. The van der Waals surface area contributed by atoms with Crippen LogP contribution in [0.25, 0.3) is 0 Å². The average molecular weight is 358 g/mol. The van der Waals surface area contributed by atoms with Crippen molar-refractivity contribution in [2.45, 2.75) is 37.7 Å². The monoisotopic (exact) mass is 357 g/mol. The van der Waals surface area contributed by atoms with Crippen molar-refractivity contribution >= 4 is 27.3 Å². The van der Waals surface area contributed by atoms with E-state index in [9.17, 15) is 17.7 Å². The topological polar surface area (TPSA) is 35.1 Å². The zero-order chi connectivity index (χ0) is 14.8. The van der Waals surface area contributed by atoms with Gasteiger partial charge < -0.3 is 4.55 Å². The first-order valence-electron chi connectivity index (χ1n) is 5.52. The second-order valence-electron chi connectivity index (χ2n) is 5.03. The van der Waals surface area contributed by atoms with Crippen LogP contribution in [0.3, 0.4) is 0 Å². The van der Waals surface area contributed by atoms with Crippen LogP contribution in [0.15, 0.2) is 28.7 Å². The van der Waals surface area contributed by atoms with Gasteiger partial charge in [-0.05, 0) is 38.5 Å². The molecule has 0 bridgehead atoms. The molecule has 0 saturated carbocycles. The molecule has 0 aliphatic heterocycles. The van der Waals surface area contributed by atoms with Crippen molar-refractivity contribution < 1.29 is 17.7 Å². The van der Waals surface area contributed by atoms with E-state index in [0.29, 0.717) is 4.47 Å². The first-order valence-corrected chi connectivity index (χ1v) is 7.46. The van der Waals surface area contributed by atoms with E-state index in [1.165, 1.54) is 18.2 Å². The number of hydrogen-bond acceptors (Lipinski definition) is 2. The van der Waals surface area contributed by atoms with Gasteiger partial charge in [0.25, 0.3) is 0 Å². The van der Waals surface area contributed by atoms with Gasteiger partial charge in [-0.2, -0.15) is 13.2 Å². The van der Waals surface area contributed by atoms with Crippen molar-refractivity contribution in [2.75, 3.05) is 0 Å². The molecule has 0 amide bonds. The van der Waals surface area contributed by atoms with E-state index >= 15 is 0 Å². The summed E-state index contributed by atoms with van der Waals surface area (Å²) in [5, 5.41) is 0. The van der Waals surface area contributed by atoms with Crippen LogP contribution >= 0.6 is 15.9 Å². The molecule has 2 nitrogen and oxygen atoms in total. The minimum absolute atomic E-state index is 0.0273. The maximum Gasteiger partial charge on any atom is 0.412 e. The molecule has 0 radical (unpaired) electrons. The predicted octanol–water partition coefficient (Wildman–Crippen LogP) is 4.10. The molecule has 2 atom stereocenters. The first kappa shape index (κ1) is 16.8. The molecular weight excluding hydrogens is 343 g/mol. The number of benzene rings is 1. The van der Waals surface area contributed by atoms with Gasteiger partial charge in [0.15, 0.2) is 6.04 Å². The molecule has 1 unspecified atom stereocenters. The van der Waals surface area contributed by atoms with Gasteiger partial charge >= 0.3 is 6.18 Å². The van der Waals surface area contributed by atoms with Gasteiger partial charge in [-0.25, -0.2) is 0 Å². The lowest BCUT2D eigenvalue weighted by Crippen LogP contribution is -2.45. The van der Waals surface area contributed by atoms with Crippen molar-refractivity contribution in [3.63, 3.8) is 0 Å². The van der Waals surface area contributed by atoms with E-state index in [4.69, 9.17) is 0 Å². The van der Waals surface area contributed by atoms with Crippen molar-refractivity contribution in [2.24, 2.45) is 0 Å². The Labute approximate surface area is 122 Å². The van der Waals surface area contributed by atoms with Gasteiger partial charge in [-0.15, -0.1) is 4.72 Å². The summed E-state index contributed by atoms with van der Waals surface area (Å²) in [6.45, 7) is 4.85. The Morgan fingerprint density at radius 1 is 1.26 bits per heavy atom. The molecule has 19 heavy (non-hydrogen) atoms. The van der Waals surface area contributed by atoms with Crippen LogP contribution in [0, 0.1) is 0 Å². The van der Waals surface area contributed by atoms with E-state index in [-0.39, 0.29) is 5.56 Å². The highest BCUT2D eigenvalue weighted by Gasteiger charge is 2.45. The zero-order valence-corrected chi connectivity index (χ0v) is 13.1. The lowest BCUT2D eigenvalue weighted by Gasteiger charge is -2.29. The fourth-order valence-electron chi connectivity index (χ4n) is 1.29. The molecule has 0 spiro atoms. The van der Waals surface area contributed by atoms with Crippen LogP contribution in [0.5, 0.6) is 0 Å². The lowest BCUT2D eigenvalue weighted by molar-refractivity contribution is -0.153. The van der Waals surface area contributed by atoms with E-state index in [1.807, 2.05) is 0 Å². The summed E-state index contributed by atoms with van der Waals surface area (Å²) in [5.74, 6) is 0. The normalized spacial score (nSPS) is 16.2. The smallest absolute Gasteiger partial charge is 0.412 e. The van der Waals surface area contributed by atoms with Gasteiger partial charge in [0.2, 0.25) is 0 Å². The Hall–Kier alpha value is -0.240. The molecule has 0 fully saturated rings. The summed E-state index contributed by atoms with van der Waals surface area (Å²) in [7, 11) is 0. The first-order chi connectivity index (χ1) is 8.51. The van der Waals surface area contributed by atoms with E-state index in [1.54, 1.807) is 26.8 Å². The highest BCUT2D eigenvalue weighted by atomic mass is 79.9. The number of halogens is 4. The van der Waals surface area contributed by atoms with Crippen LogP contribution in [-0.4, -0.2) is 15.5 Å². The van der Waals surface area contributed by atoms with Crippen LogP contribution in [0.1, 0.15) is 32.4 Å². The summed E-state index contributed by atoms with van der Waals surface area (Å²) < 4.78 is 53.0. The van der Waals surface area contributed by atoms with Gasteiger partial charge in [0.1, 0.15) is 4.75 Å². The molecule has 0 heterocycles. The average Bonchev–Trinajstić information content (AvgIpc) is 2.22. The van der Waals surface area contributed by atoms with Crippen molar-refractivity contribution in [1.29, 1.82) is 0 Å². The maximum atomic E-state index is 13.1. The molecule has 0 aliphatic rings. The molecule has 1 N–H and O–H groups in total. The summed E-state index contributed by atoms with van der Waals surface area (Å²) >= 11 is 1.33. The molecule has 7 heteroatoms. The minimum Gasteiger partial charge on any atom is -0.598 e. The molecule has 0 aromatic heterocycles. The van der Waals surface area contributed by atoms with Crippen molar-refractivity contribution in [3.05, 3.63) is 34.3 Å². The SMILES string of the molecule is CC(C)(C)[S+]([O-])N[C@H](c1cccc(Br)c1)C(F)(F)F. The van der Waals surface area contributed by atoms with Crippen molar-refractivity contribution in [1.82, 2.24) is 4.72 Å². The molecule has 1 aromatic carbocycles. The fraction of sp³-hybridized carbons (Fsp3) is 0.500. The molecule has 1 rings (SSSR count). The van der Waals surface area contributed by atoms with E-state index in [2.05, 4.69) is 20.7 Å². The molecule has 0 saturated heterocycles.